The van der Waals surface area contributed by atoms with Gasteiger partial charge in [-0.2, -0.15) is 0 Å². The molecule has 1 fully saturated rings. The summed E-state index contributed by atoms with van der Waals surface area (Å²) in [6.45, 7) is 0.233. The topological polar surface area (TPSA) is 55.1 Å². The standard InChI is InChI=1S/C24H20BrClN2O2/c25-21-8-4-3-7-20(21)23-14-19(30-28-23)15-27-24(29)18-12-11-17(22(26)13-18)10-9-16-5-1-2-6-16/h3-4,7-8,11-14,16H,1-2,5-6,15H2,(H,27,29). The maximum atomic E-state index is 12.5. The SMILES string of the molecule is O=C(NCc1cc(-c2ccccc2Br)no1)c1ccc(C#CC2CCCC2)c(Cl)c1. The molecule has 1 saturated carbocycles. The van der Waals surface area contributed by atoms with Gasteiger partial charge in [0.15, 0.2) is 5.76 Å². The molecule has 0 bridgehead atoms. The van der Waals surface area contributed by atoms with Crippen molar-refractivity contribution in [3.05, 3.63) is 74.9 Å². The molecule has 1 heterocycles. The highest BCUT2D eigenvalue weighted by atomic mass is 79.9. The van der Waals surface area contributed by atoms with Gasteiger partial charge < -0.3 is 9.84 Å². The van der Waals surface area contributed by atoms with Gasteiger partial charge in [-0.05, 0) is 37.1 Å². The summed E-state index contributed by atoms with van der Waals surface area (Å²) in [4.78, 5) is 12.5. The van der Waals surface area contributed by atoms with Crippen LogP contribution in [-0.2, 0) is 6.54 Å². The van der Waals surface area contributed by atoms with Gasteiger partial charge in [0.05, 0.1) is 11.6 Å². The van der Waals surface area contributed by atoms with Crippen LogP contribution in [0, 0.1) is 17.8 Å². The number of rotatable bonds is 4. The van der Waals surface area contributed by atoms with Crippen LogP contribution in [0.15, 0.2) is 57.5 Å². The molecule has 0 radical (unpaired) electrons. The molecule has 0 aliphatic heterocycles. The molecule has 0 spiro atoms. The lowest BCUT2D eigenvalue weighted by Crippen LogP contribution is -2.22. The van der Waals surface area contributed by atoms with E-state index in [-0.39, 0.29) is 12.5 Å². The lowest BCUT2D eigenvalue weighted by Gasteiger charge is -2.05. The number of hydrogen-bond donors (Lipinski definition) is 1. The van der Waals surface area contributed by atoms with Gasteiger partial charge >= 0.3 is 0 Å². The van der Waals surface area contributed by atoms with Crippen molar-refractivity contribution in [3.63, 3.8) is 0 Å². The first kappa shape index (κ1) is 20.7. The first-order valence-electron chi connectivity index (χ1n) is 9.90. The van der Waals surface area contributed by atoms with Gasteiger partial charge in [-0.3, -0.25) is 4.79 Å². The van der Waals surface area contributed by atoms with E-state index in [0.29, 0.717) is 28.0 Å². The number of nitrogens with zero attached hydrogens (tertiary/aromatic N) is 1. The monoisotopic (exact) mass is 482 g/mol. The number of amides is 1. The zero-order valence-corrected chi connectivity index (χ0v) is 18.6. The lowest BCUT2D eigenvalue weighted by atomic mass is 10.1. The third-order valence-corrected chi connectivity index (χ3v) is 6.13. The molecule has 0 saturated heterocycles. The Morgan fingerprint density at radius 3 is 2.77 bits per heavy atom. The van der Waals surface area contributed by atoms with Gasteiger partial charge in [0, 0.05) is 33.1 Å². The summed E-state index contributed by atoms with van der Waals surface area (Å²) < 4.78 is 6.28. The number of benzene rings is 2. The predicted molar refractivity (Wildman–Crippen MR) is 121 cm³/mol. The lowest BCUT2D eigenvalue weighted by molar-refractivity contribution is 0.0947. The molecule has 1 aromatic heterocycles. The Hall–Kier alpha value is -2.55. The van der Waals surface area contributed by atoms with E-state index in [4.69, 9.17) is 16.1 Å². The molecule has 1 aliphatic carbocycles. The number of halogens is 2. The molecule has 30 heavy (non-hydrogen) atoms. The zero-order valence-electron chi connectivity index (χ0n) is 16.3. The van der Waals surface area contributed by atoms with Crippen molar-refractivity contribution in [1.29, 1.82) is 0 Å². The summed E-state index contributed by atoms with van der Waals surface area (Å²) in [5.41, 5.74) is 2.88. The van der Waals surface area contributed by atoms with E-state index in [1.165, 1.54) is 12.8 Å². The Morgan fingerprint density at radius 2 is 2.00 bits per heavy atom. The van der Waals surface area contributed by atoms with Crippen LogP contribution in [-0.4, -0.2) is 11.1 Å². The van der Waals surface area contributed by atoms with Gasteiger partial charge in [-0.1, -0.05) is 75.6 Å². The Balaban J connectivity index is 1.38. The average molecular weight is 484 g/mol. The van der Waals surface area contributed by atoms with Crippen LogP contribution in [0.2, 0.25) is 5.02 Å². The smallest absolute Gasteiger partial charge is 0.251 e. The van der Waals surface area contributed by atoms with Crippen LogP contribution in [0.3, 0.4) is 0 Å². The average Bonchev–Trinajstić information content (AvgIpc) is 3.43. The van der Waals surface area contributed by atoms with E-state index < -0.39 is 0 Å². The first-order valence-corrected chi connectivity index (χ1v) is 11.1. The minimum atomic E-state index is -0.231. The highest BCUT2D eigenvalue weighted by molar-refractivity contribution is 9.10. The van der Waals surface area contributed by atoms with Crippen molar-refractivity contribution < 1.29 is 9.32 Å². The second kappa shape index (κ2) is 9.51. The first-order chi connectivity index (χ1) is 14.6. The van der Waals surface area contributed by atoms with Gasteiger partial charge in [0.1, 0.15) is 5.69 Å². The summed E-state index contributed by atoms with van der Waals surface area (Å²) in [5.74, 6) is 7.26. The Bertz CT molecular complexity index is 1120. The minimum Gasteiger partial charge on any atom is -0.359 e. The molecular weight excluding hydrogens is 464 g/mol. The highest BCUT2D eigenvalue weighted by Crippen LogP contribution is 2.27. The fourth-order valence-electron chi connectivity index (χ4n) is 3.47. The second-order valence-electron chi connectivity index (χ2n) is 7.29. The molecule has 152 valence electrons. The highest BCUT2D eigenvalue weighted by Gasteiger charge is 2.13. The summed E-state index contributed by atoms with van der Waals surface area (Å²) >= 11 is 9.85. The van der Waals surface area contributed by atoms with Crippen molar-refractivity contribution in [2.45, 2.75) is 32.2 Å². The van der Waals surface area contributed by atoms with Crippen LogP contribution in [0.1, 0.15) is 47.4 Å². The normalized spacial score (nSPS) is 13.7. The third kappa shape index (κ3) is 4.95. The van der Waals surface area contributed by atoms with Gasteiger partial charge in [-0.25, -0.2) is 0 Å². The molecule has 1 aliphatic rings. The number of carbonyl (C=O) groups excluding carboxylic acids is 1. The Morgan fingerprint density at radius 1 is 1.20 bits per heavy atom. The predicted octanol–water partition coefficient (Wildman–Crippen LogP) is 6.23. The quantitative estimate of drug-likeness (QED) is 0.448. The van der Waals surface area contributed by atoms with Crippen LogP contribution < -0.4 is 5.32 Å². The van der Waals surface area contributed by atoms with Gasteiger partial charge in [-0.15, -0.1) is 0 Å². The van der Waals surface area contributed by atoms with E-state index in [9.17, 15) is 4.79 Å². The zero-order chi connectivity index (χ0) is 20.9. The molecule has 1 N–H and O–H groups in total. The fourth-order valence-corrected chi connectivity index (χ4v) is 4.18. The molecular formula is C24H20BrClN2O2. The van der Waals surface area contributed by atoms with Crippen LogP contribution in [0.25, 0.3) is 11.3 Å². The third-order valence-electron chi connectivity index (χ3n) is 5.13. The minimum absolute atomic E-state index is 0.231. The summed E-state index contributed by atoms with van der Waals surface area (Å²) in [6, 6.07) is 14.8. The second-order valence-corrected chi connectivity index (χ2v) is 8.55. The number of hydrogen-bond acceptors (Lipinski definition) is 3. The Labute approximate surface area is 189 Å². The number of carbonyl (C=O) groups is 1. The molecule has 1 amide bonds. The van der Waals surface area contributed by atoms with Crippen molar-refractivity contribution in [2.24, 2.45) is 5.92 Å². The van der Waals surface area contributed by atoms with Crippen LogP contribution >= 0.6 is 27.5 Å². The van der Waals surface area contributed by atoms with Crippen LogP contribution in [0.4, 0.5) is 0 Å². The van der Waals surface area contributed by atoms with E-state index >= 15 is 0 Å². The maximum absolute atomic E-state index is 12.5. The number of aromatic nitrogens is 1. The summed E-state index contributed by atoms with van der Waals surface area (Å²) in [5, 5.41) is 7.41. The maximum Gasteiger partial charge on any atom is 0.251 e. The Kier molecular flexibility index (Phi) is 6.56. The largest absolute Gasteiger partial charge is 0.359 e. The summed E-state index contributed by atoms with van der Waals surface area (Å²) in [7, 11) is 0. The fraction of sp³-hybridized carbons (Fsp3) is 0.250. The molecule has 3 aromatic rings. The van der Waals surface area contributed by atoms with Crippen molar-refractivity contribution in [2.75, 3.05) is 0 Å². The van der Waals surface area contributed by atoms with Gasteiger partial charge in [0.25, 0.3) is 5.91 Å². The van der Waals surface area contributed by atoms with Crippen molar-refractivity contribution in [3.8, 4) is 23.1 Å². The van der Waals surface area contributed by atoms with Crippen molar-refractivity contribution >= 4 is 33.4 Å². The molecule has 0 atom stereocenters. The van der Waals surface area contributed by atoms with E-state index in [1.54, 1.807) is 18.2 Å². The molecule has 2 aromatic carbocycles. The van der Waals surface area contributed by atoms with Gasteiger partial charge in [0.2, 0.25) is 0 Å². The van der Waals surface area contributed by atoms with E-state index in [0.717, 1.165) is 28.4 Å². The molecule has 4 rings (SSSR count). The molecule has 6 heteroatoms. The summed E-state index contributed by atoms with van der Waals surface area (Å²) in [6.07, 6.45) is 4.83. The number of nitrogens with one attached hydrogen (secondary N) is 1. The van der Waals surface area contributed by atoms with Crippen molar-refractivity contribution in [1.82, 2.24) is 10.5 Å². The van der Waals surface area contributed by atoms with E-state index in [1.807, 2.05) is 30.3 Å². The molecule has 4 nitrogen and oxygen atoms in total. The van der Waals surface area contributed by atoms with E-state index in [2.05, 4.69) is 38.2 Å². The molecule has 0 unspecified atom stereocenters. The van der Waals surface area contributed by atoms with Crippen LogP contribution in [0.5, 0.6) is 0 Å².